The molecule has 3 heteroatoms. The van der Waals surface area contributed by atoms with E-state index in [9.17, 15) is 4.39 Å². The molecular formula is C16H17ClFN. The zero-order valence-electron chi connectivity index (χ0n) is 10.9. The fourth-order valence-corrected chi connectivity index (χ4v) is 2.50. The van der Waals surface area contributed by atoms with Crippen molar-refractivity contribution in [2.75, 3.05) is 0 Å². The number of rotatable bonds is 4. The number of benzene rings is 2. The maximum Gasteiger partial charge on any atom is 0.123 e. The Kier molecular flexibility index (Phi) is 4.23. The van der Waals surface area contributed by atoms with E-state index >= 15 is 0 Å². The Hall–Kier alpha value is -1.38. The van der Waals surface area contributed by atoms with Crippen LogP contribution in [0, 0.1) is 5.82 Å². The van der Waals surface area contributed by atoms with Crippen LogP contribution in [-0.2, 0) is 12.8 Å². The number of hydrogen-bond acceptors (Lipinski definition) is 1. The minimum Gasteiger partial charge on any atom is -0.325 e. The number of hydrogen-bond donors (Lipinski definition) is 1. The van der Waals surface area contributed by atoms with Gasteiger partial charge < -0.3 is 5.73 Å². The molecule has 0 aromatic heterocycles. The summed E-state index contributed by atoms with van der Waals surface area (Å²) >= 11 is 5.96. The van der Waals surface area contributed by atoms with Gasteiger partial charge in [0.15, 0.2) is 0 Å². The highest BCUT2D eigenvalue weighted by molar-refractivity contribution is 6.30. The highest BCUT2D eigenvalue weighted by Crippen LogP contribution is 2.19. The summed E-state index contributed by atoms with van der Waals surface area (Å²) in [7, 11) is 0. The first-order valence-corrected chi connectivity index (χ1v) is 6.60. The zero-order valence-corrected chi connectivity index (χ0v) is 11.6. The fraction of sp³-hybridized carbons (Fsp3) is 0.250. The second-order valence-electron chi connectivity index (χ2n) is 5.27. The molecule has 0 radical (unpaired) electrons. The van der Waals surface area contributed by atoms with Crippen molar-refractivity contribution in [2.45, 2.75) is 25.3 Å². The first-order chi connectivity index (χ1) is 8.94. The van der Waals surface area contributed by atoms with E-state index in [4.69, 9.17) is 17.3 Å². The fourth-order valence-electron chi connectivity index (χ4n) is 2.29. The third kappa shape index (κ3) is 4.34. The topological polar surface area (TPSA) is 26.0 Å². The first kappa shape index (κ1) is 14.0. The van der Waals surface area contributed by atoms with Crippen molar-refractivity contribution in [3.05, 3.63) is 70.5 Å². The van der Waals surface area contributed by atoms with E-state index < -0.39 is 5.54 Å². The van der Waals surface area contributed by atoms with Gasteiger partial charge in [0.25, 0.3) is 0 Å². The van der Waals surface area contributed by atoms with Gasteiger partial charge in [0.2, 0.25) is 0 Å². The van der Waals surface area contributed by atoms with Crippen molar-refractivity contribution in [1.29, 1.82) is 0 Å². The standard InChI is InChI=1S/C16H17ClFN/c1-16(19,10-12-4-2-6-14(17)8-12)11-13-5-3-7-15(18)9-13/h2-9H,10-11,19H2,1H3. The summed E-state index contributed by atoms with van der Waals surface area (Å²) in [6.07, 6.45) is 1.32. The van der Waals surface area contributed by atoms with Gasteiger partial charge in [-0.3, -0.25) is 0 Å². The molecule has 0 spiro atoms. The lowest BCUT2D eigenvalue weighted by molar-refractivity contribution is 0.461. The molecule has 0 fully saturated rings. The van der Waals surface area contributed by atoms with E-state index in [1.807, 2.05) is 37.3 Å². The number of nitrogens with two attached hydrogens (primary N) is 1. The van der Waals surface area contributed by atoms with E-state index in [-0.39, 0.29) is 5.82 Å². The van der Waals surface area contributed by atoms with Gasteiger partial charge in [-0.15, -0.1) is 0 Å². The Bertz CT molecular complexity index is 517. The SMILES string of the molecule is CC(N)(Cc1cccc(F)c1)Cc1cccc(Cl)c1. The molecule has 0 aliphatic carbocycles. The van der Waals surface area contributed by atoms with Crippen LogP contribution in [0.2, 0.25) is 5.02 Å². The number of halogens is 2. The minimum atomic E-state index is -0.432. The largest absolute Gasteiger partial charge is 0.325 e. The van der Waals surface area contributed by atoms with Crippen molar-refractivity contribution in [1.82, 2.24) is 0 Å². The van der Waals surface area contributed by atoms with Gasteiger partial charge in [-0.25, -0.2) is 4.39 Å². The lowest BCUT2D eigenvalue weighted by Gasteiger charge is -2.25. The maximum absolute atomic E-state index is 13.2. The Morgan fingerprint density at radius 2 is 1.63 bits per heavy atom. The van der Waals surface area contributed by atoms with E-state index in [0.717, 1.165) is 11.1 Å². The molecule has 2 aromatic rings. The molecule has 2 rings (SSSR count). The molecule has 19 heavy (non-hydrogen) atoms. The van der Waals surface area contributed by atoms with Gasteiger partial charge in [0, 0.05) is 10.6 Å². The van der Waals surface area contributed by atoms with Crippen molar-refractivity contribution < 1.29 is 4.39 Å². The molecule has 1 nitrogen and oxygen atoms in total. The van der Waals surface area contributed by atoms with Crippen LogP contribution < -0.4 is 5.73 Å². The normalized spacial score (nSPS) is 14.1. The minimum absolute atomic E-state index is 0.226. The lowest BCUT2D eigenvalue weighted by atomic mass is 9.87. The van der Waals surface area contributed by atoms with Crippen LogP contribution in [0.3, 0.4) is 0 Å². The van der Waals surface area contributed by atoms with Crippen molar-refractivity contribution in [2.24, 2.45) is 5.73 Å². The molecular weight excluding hydrogens is 261 g/mol. The molecule has 100 valence electrons. The summed E-state index contributed by atoms with van der Waals surface area (Å²) in [4.78, 5) is 0. The molecule has 0 saturated heterocycles. The molecule has 0 amide bonds. The predicted molar refractivity (Wildman–Crippen MR) is 77.9 cm³/mol. The third-order valence-corrected chi connectivity index (χ3v) is 3.23. The highest BCUT2D eigenvalue weighted by Gasteiger charge is 2.20. The van der Waals surface area contributed by atoms with Crippen LogP contribution in [0.5, 0.6) is 0 Å². The molecule has 1 atom stereocenters. The van der Waals surface area contributed by atoms with Gasteiger partial charge in [0.05, 0.1) is 0 Å². The lowest BCUT2D eigenvalue weighted by Crippen LogP contribution is -2.40. The summed E-state index contributed by atoms with van der Waals surface area (Å²) in [5.74, 6) is -0.226. The van der Waals surface area contributed by atoms with Gasteiger partial charge >= 0.3 is 0 Å². The summed E-state index contributed by atoms with van der Waals surface area (Å²) in [6.45, 7) is 1.97. The monoisotopic (exact) mass is 277 g/mol. The molecule has 2 aromatic carbocycles. The molecule has 0 saturated carbocycles. The summed E-state index contributed by atoms with van der Waals surface area (Å²) < 4.78 is 13.2. The molecule has 2 N–H and O–H groups in total. The molecule has 0 aliphatic rings. The Balaban J connectivity index is 2.10. The predicted octanol–water partition coefficient (Wildman–Crippen LogP) is 3.98. The summed E-state index contributed by atoms with van der Waals surface area (Å²) in [6, 6.07) is 14.2. The molecule has 0 bridgehead atoms. The van der Waals surface area contributed by atoms with Gasteiger partial charge in [-0.1, -0.05) is 35.9 Å². The van der Waals surface area contributed by atoms with Crippen LogP contribution in [0.1, 0.15) is 18.1 Å². The summed E-state index contributed by atoms with van der Waals surface area (Å²) in [5.41, 5.74) is 7.88. The first-order valence-electron chi connectivity index (χ1n) is 6.22. The van der Waals surface area contributed by atoms with Gasteiger partial charge in [0.1, 0.15) is 5.82 Å². The quantitative estimate of drug-likeness (QED) is 0.899. The van der Waals surface area contributed by atoms with Crippen molar-refractivity contribution in [3.63, 3.8) is 0 Å². The van der Waals surface area contributed by atoms with Crippen molar-refractivity contribution in [3.8, 4) is 0 Å². The molecule has 0 aliphatic heterocycles. The molecule has 1 unspecified atom stereocenters. The van der Waals surface area contributed by atoms with Crippen molar-refractivity contribution >= 4 is 11.6 Å². The Morgan fingerprint density at radius 3 is 2.21 bits per heavy atom. The van der Waals surface area contributed by atoms with Crippen LogP contribution in [-0.4, -0.2) is 5.54 Å². The van der Waals surface area contributed by atoms with E-state index in [0.29, 0.717) is 17.9 Å². The van der Waals surface area contributed by atoms with E-state index in [1.54, 1.807) is 6.07 Å². The van der Waals surface area contributed by atoms with E-state index in [1.165, 1.54) is 12.1 Å². The Labute approximate surface area is 118 Å². The smallest absolute Gasteiger partial charge is 0.123 e. The van der Waals surface area contributed by atoms with Crippen LogP contribution in [0.25, 0.3) is 0 Å². The second-order valence-corrected chi connectivity index (χ2v) is 5.70. The average Bonchev–Trinajstić information content (AvgIpc) is 2.27. The zero-order chi connectivity index (χ0) is 13.9. The van der Waals surface area contributed by atoms with Gasteiger partial charge in [-0.2, -0.15) is 0 Å². The maximum atomic E-state index is 13.2. The second kappa shape index (κ2) is 5.72. The molecule has 0 heterocycles. The Morgan fingerprint density at radius 1 is 1.05 bits per heavy atom. The third-order valence-electron chi connectivity index (χ3n) is 2.99. The van der Waals surface area contributed by atoms with Crippen LogP contribution in [0.4, 0.5) is 4.39 Å². The van der Waals surface area contributed by atoms with Gasteiger partial charge in [-0.05, 0) is 55.2 Å². The van der Waals surface area contributed by atoms with E-state index in [2.05, 4.69) is 0 Å². The average molecular weight is 278 g/mol. The highest BCUT2D eigenvalue weighted by atomic mass is 35.5. The van der Waals surface area contributed by atoms with Crippen LogP contribution >= 0.6 is 11.6 Å². The van der Waals surface area contributed by atoms with Crippen LogP contribution in [0.15, 0.2) is 48.5 Å². The summed E-state index contributed by atoms with van der Waals surface area (Å²) in [5, 5.41) is 0.707.